The number of hydrogen-bond acceptors (Lipinski definition) is 8. The Balaban J connectivity index is 1.19. The summed E-state index contributed by atoms with van der Waals surface area (Å²) >= 11 is 0. The van der Waals surface area contributed by atoms with E-state index in [0.717, 1.165) is 45.7 Å². The molecule has 6 rings (SSSR count). The van der Waals surface area contributed by atoms with Crippen LogP contribution in [-0.4, -0.2) is 59.1 Å². The van der Waals surface area contributed by atoms with Crippen LogP contribution in [0.15, 0.2) is 42.7 Å². The second-order valence-corrected chi connectivity index (χ2v) is 9.99. The Kier molecular flexibility index (Phi) is 5.94. The number of ether oxygens (including phenoxy) is 2. The Labute approximate surface area is 214 Å². The highest BCUT2D eigenvalue weighted by atomic mass is 16.6. The van der Waals surface area contributed by atoms with Crippen molar-refractivity contribution in [2.75, 3.05) is 31.1 Å². The molecule has 192 valence electrons. The number of nitrogens with zero attached hydrogens (tertiary/aromatic N) is 4. The summed E-state index contributed by atoms with van der Waals surface area (Å²) in [5, 5.41) is 8.11. The first-order valence-corrected chi connectivity index (χ1v) is 12.5. The predicted octanol–water partition coefficient (Wildman–Crippen LogP) is 2.55. The van der Waals surface area contributed by atoms with E-state index in [1.807, 2.05) is 61.3 Å². The average molecular weight is 503 g/mol. The first-order chi connectivity index (χ1) is 17.9. The molecule has 0 bridgehead atoms. The van der Waals surface area contributed by atoms with Gasteiger partial charge in [-0.2, -0.15) is 5.10 Å². The molecule has 1 amide bonds. The standard InChI is InChI=1S/C27H30N6O4/c1-16-7-19(32-5-6-36-27(32)35)9-20(8-16)33-12-18(10-29-33)11-31-13-24(30-25(28)14-31)21-3-4-22-23(17(21)2)15-37-26(22)34/h3-4,7-10,12,24-25,30H,5-6,11,13-15,28H2,1-2H3/t24-,25+/m0/s1. The highest BCUT2D eigenvalue weighted by Gasteiger charge is 2.30. The average Bonchev–Trinajstić information content (AvgIpc) is 3.59. The molecule has 4 heterocycles. The summed E-state index contributed by atoms with van der Waals surface area (Å²) in [4.78, 5) is 28.0. The number of aryl methyl sites for hydroxylation is 1. The molecule has 2 aromatic carbocycles. The number of benzene rings is 2. The van der Waals surface area contributed by atoms with Gasteiger partial charge in [0.05, 0.1) is 30.2 Å². The van der Waals surface area contributed by atoms with Gasteiger partial charge in [-0.15, -0.1) is 0 Å². The molecule has 3 N–H and O–H groups in total. The molecule has 2 fully saturated rings. The maximum Gasteiger partial charge on any atom is 0.414 e. The smallest absolute Gasteiger partial charge is 0.414 e. The summed E-state index contributed by atoms with van der Waals surface area (Å²) in [6, 6.07) is 9.89. The fourth-order valence-electron chi connectivity index (χ4n) is 5.54. The van der Waals surface area contributed by atoms with Gasteiger partial charge < -0.3 is 15.2 Å². The Bertz CT molecular complexity index is 1390. The number of fused-ring (bicyclic) bond motifs is 1. The number of hydrogen-bond donors (Lipinski definition) is 2. The first-order valence-electron chi connectivity index (χ1n) is 12.5. The number of anilines is 1. The lowest BCUT2D eigenvalue weighted by molar-refractivity contribution is 0.0535. The third kappa shape index (κ3) is 4.48. The van der Waals surface area contributed by atoms with Gasteiger partial charge in [-0.1, -0.05) is 6.07 Å². The second-order valence-electron chi connectivity index (χ2n) is 9.99. The molecule has 0 saturated carbocycles. The lowest BCUT2D eigenvalue weighted by Gasteiger charge is -2.38. The monoisotopic (exact) mass is 502 g/mol. The van der Waals surface area contributed by atoms with E-state index in [2.05, 4.69) is 15.3 Å². The van der Waals surface area contributed by atoms with Crippen LogP contribution in [0.3, 0.4) is 0 Å². The summed E-state index contributed by atoms with van der Waals surface area (Å²) in [5.41, 5.74) is 14.1. The summed E-state index contributed by atoms with van der Waals surface area (Å²) in [7, 11) is 0. The van der Waals surface area contributed by atoms with Crippen molar-refractivity contribution in [2.45, 2.75) is 39.2 Å². The zero-order chi connectivity index (χ0) is 25.7. The molecular formula is C27H30N6O4. The number of aromatic nitrogens is 2. The van der Waals surface area contributed by atoms with Crippen LogP contribution in [-0.2, 0) is 22.6 Å². The van der Waals surface area contributed by atoms with Crippen LogP contribution in [0.4, 0.5) is 10.5 Å². The second kappa shape index (κ2) is 9.29. The van der Waals surface area contributed by atoms with Crippen molar-refractivity contribution < 1.29 is 19.1 Å². The lowest BCUT2D eigenvalue weighted by atomic mass is 9.93. The predicted molar refractivity (Wildman–Crippen MR) is 136 cm³/mol. The molecule has 10 nitrogen and oxygen atoms in total. The van der Waals surface area contributed by atoms with Gasteiger partial charge in [0.2, 0.25) is 0 Å². The van der Waals surface area contributed by atoms with E-state index >= 15 is 0 Å². The van der Waals surface area contributed by atoms with Crippen LogP contribution in [0.5, 0.6) is 0 Å². The number of carbonyl (C=O) groups excluding carboxylic acids is 2. The molecule has 0 aliphatic carbocycles. The molecule has 2 saturated heterocycles. The topological polar surface area (TPSA) is 115 Å². The summed E-state index contributed by atoms with van der Waals surface area (Å²) in [6.45, 7) is 7.51. The van der Waals surface area contributed by atoms with Crippen LogP contribution in [0.25, 0.3) is 5.69 Å². The van der Waals surface area contributed by atoms with Gasteiger partial charge in [0.1, 0.15) is 13.2 Å². The number of cyclic esters (lactones) is 2. The molecule has 37 heavy (non-hydrogen) atoms. The molecule has 3 aliphatic heterocycles. The zero-order valence-electron chi connectivity index (χ0n) is 20.9. The van der Waals surface area contributed by atoms with Crippen molar-refractivity contribution in [1.82, 2.24) is 20.0 Å². The number of nitrogens with one attached hydrogen (secondary N) is 1. The van der Waals surface area contributed by atoms with Crippen molar-refractivity contribution in [3.8, 4) is 5.69 Å². The van der Waals surface area contributed by atoms with E-state index in [1.165, 1.54) is 0 Å². The molecule has 10 heteroatoms. The van der Waals surface area contributed by atoms with Gasteiger partial charge in [0.25, 0.3) is 0 Å². The Hall–Kier alpha value is -3.73. The molecule has 0 spiro atoms. The van der Waals surface area contributed by atoms with E-state index < -0.39 is 0 Å². The normalized spacial score (nSPS) is 21.8. The van der Waals surface area contributed by atoms with Gasteiger partial charge in [0.15, 0.2) is 0 Å². The van der Waals surface area contributed by atoms with E-state index in [1.54, 1.807) is 4.90 Å². The zero-order valence-corrected chi connectivity index (χ0v) is 20.9. The number of nitrogens with two attached hydrogens (primary N) is 1. The third-order valence-electron chi connectivity index (χ3n) is 7.32. The van der Waals surface area contributed by atoms with Crippen LogP contribution in [0, 0.1) is 13.8 Å². The minimum absolute atomic E-state index is 0.0411. The Morgan fingerprint density at radius 2 is 1.95 bits per heavy atom. The molecule has 0 unspecified atom stereocenters. The number of amides is 1. The van der Waals surface area contributed by atoms with E-state index in [-0.39, 0.29) is 24.3 Å². The van der Waals surface area contributed by atoms with Gasteiger partial charge in [-0.3, -0.25) is 15.1 Å². The molecule has 3 aliphatic rings. The number of carbonyl (C=O) groups is 2. The minimum Gasteiger partial charge on any atom is -0.457 e. The maximum atomic E-state index is 12.0. The number of esters is 1. The van der Waals surface area contributed by atoms with Gasteiger partial charge >= 0.3 is 12.1 Å². The van der Waals surface area contributed by atoms with Crippen LogP contribution in [0.1, 0.15) is 44.2 Å². The molecular weight excluding hydrogens is 472 g/mol. The molecule has 1 aromatic heterocycles. The highest BCUT2D eigenvalue weighted by Crippen LogP contribution is 2.31. The van der Waals surface area contributed by atoms with Crippen molar-refractivity contribution in [1.29, 1.82) is 0 Å². The molecule has 0 radical (unpaired) electrons. The molecule has 3 aromatic rings. The first kappa shape index (κ1) is 23.7. The Morgan fingerprint density at radius 1 is 1.11 bits per heavy atom. The fourth-order valence-corrected chi connectivity index (χ4v) is 5.54. The fraction of sp³-hybridized carbons (Fsp3) is 0.370. The van der Waals surface area contributed by atoms with Gasteiger partial charge in [-0.25, -0.2) is 14.3 Å². The summed E-state index contributed by atoms with van der Waals surface area (Å²) in [5.74, 6) is -0.252. The van der Waals surface area contributed by atoms with Crippen LogP contribution < -0.4 is 16.0 Å². The largest absolute Gasteiger partial charge is 0.457 e. The van der Waals surface area contributed by atoms with Crippen LogP contribution >= 0.6 is 0 Å². The lowest BCUT2D eigenvalue weighted by Crippen LogP contribution is -2.56. The Morgan fingerprint density at radius 3 is 2.76 bits per heavy atom. The van der Waals surface area contributed by atoms with Crippen molar-refractivity contribution >= 4 is 17.7 Å². The van der Waals surface area contributed by atoms with Crippen LogP contribution in [0.2, 0.25) is 0 Å². The van der Waals surface area contributed by atoms with E-state index in [4.69, 9.17) is 15.2 Å². The van der Waals surface area contributed by atoms with Gasteiger partial charge in [0, 0.05) is 48.7 Å². The number of piperazine rings is 1. The maximum absolute atomic E-state index is 12.0. The summed E-state index contributed by atoms with van der Waals surface area (Å²) < 4.78 is 12.2. The third-order valence-corrected chi connectivity index (χ3v) is 7.32. The minimum atomic E-state index is -0.319. The van der Waals surface area contributed by atoms with Crippen molar-refractivity contribution in [3.63, 3.8) is 0 Å². The SMILES string of the molecule is Cc1cc(N2CCOC2=O)cc(-n2cc(CN3C[C@@H](c4ccc5c(c4C)COC5=O)N[C@@H](N)C3)cn2)c1. The summed E-state index contributed by atoms with van der Waals surface area (Å²) in [6.07, 6.45) is 3.39. The van der Waals surface area contributed by atoms with E-state index in [9.17, 15) is 9.59 Å². The molecule has 2 atom stereocenters. The van der Waals surface area contributed by atoms with Crippen molar-refractivity contribution in [3.05, 3.63) is 76.1 Å². The highest BCUT2D eigenvalue weighted by molar-refractivity contribution is 5.94. The number of rotatable bonds is 5. The van der Waals surface area contributed by atoms with Crippen molar-refractivity contribution in [2.24, 2.45) is 5.73 Å². The van der Waals surface area contributed by atoms with E-state index in [0.29, 0.717) is 38.4 Å². The quantitative estimate of drug-likeness (QED) is 0.512. The van der Waals surface area contributed by atoms with Gasteiger partial charge in [-0.05, 0) is 54.8 Å².